The number of rotatable bonds is 6. The Morgan fingerprint density at radius 3 is 2.47 bits per heavy atom. The highest BCUT2D eigenvalue weighted by molar-refractivity contribution is 7.89. The zero-order valence-electron chi connectivity index (χ0n) is 16.5. The highest BCUT2D eigenvalue weighted by atomic mass is 32.2. The van der Waals surface area contributed by atoms with Crippen molar-refractivity contribution in [3.05, 3.63) is 78.5 Å². The third kappa shape index (κ3) is 4.44. The first-order valence-corrected chi connectivity index (χ1v) is 11.4. The molecule has 1 unspecified atom stereocenters. The van der Waals surface area contributed by atoms with Crippen LogP contribution in [0, 0.1) is 5.92 Å². The Kier molecular flexibility index (Phi) is 5.96. The molecular weight excluding hydrogens is 400 g/mol. The van der Waals surface area contributed by atoms with Crippen LogP contribution in [0.5, 0.6) is 0 Å². The van der Waals surface area contributed by atoms with Crippen LogP contribution in [0.1, 0.15) is 18.4 Å². The van der Waals surface area contributed by atoms with E-state index in [1.807, 2.05) is 30.3 Å². The van der Waals surface area contributed by atoms with Gasteiger partial charge in [-0.05, 0) is 30.5 Å². The summed E-state index contributed by atoms with van der Waals surface area (Å²) in [5, 5.41) is 7.23. The van der Waals surface area contributed by atoms with E-state index in [0.717, 1.165) is 5.56 Å². The van der Waals surface area contributed by atoms with Crippen LogP contribution in [0.3, 0.4) is 0 Å². The van der Waals surface area contributed by atoms with Crippen molar-refractivity contribution in [3.63, 3.8) is 0 Å². The molecule has 156 valence electrons. The molecule has 0 bridgehead atoms. The number of aromatic nitrogens is 2. The monoisotopic (exact) mass is 424 g/mol. The Morgan fingerprint density at radius 2 is 1.73 bits per heavy atom. The number of piperidine rings is 1. The van der Waals surface area contributed by atoms with E-state index in [0.29, 0.717) is 31.7 Å². The predicted molar refractivity (Wildman–Crippen MR) is 114 cm³/mol. The van der Waals surface area contributed by atoms with E-state index in [1.165, 1.54) is 4.31 Å². The van der Waals surface area contributed by atoms with E-state index in [4.69, 9.17) is 0 Å². The molecule has 3 aromatic rings. The third-order valence-electron chi connectivity index (χ3n) is 5.28. The van der Waals surface area contributed by atoms with Crippen LogP contribution in [0.15, 0.2) is 77.8 Å². The zero-order valence-corrected chi connectivity index (χ0v) is 17.3. The van der Waals surface area contributed by atoms with Gasteiger partial charge in [0.2, 0.25) is 15.9 Å². The van der Waals surface area contributed by atoms with Crippen molar-refractivity contribution in [1.82, 2.24) is 14.1 Å². The first kappa shape index (κ1) is 20.3. The minimum absolute atomic E-state index is 0.176. The van der Waals surface area contributed by atoms with Crippen LogP contribution in [0.25, 0.3) is 0 Å². The maximum absolute atomic E-state index is 12.9. The molecule has 0 aliphatic carbocycles. The van der Waals surface area contributed by atoms with E-state index >= 15 is 0 Å². The summed E-state index contributed by atoms with van der Waals surface area (Å²) in [6.45, 7) is 1.14. The number of hydrogen-bond donors (Lipinski definition) is 1. The molecule has 1 fully saturated rings. The summed E-state index contributed by atoms with van der Waals surface area (Å²) in [5.74, 6) is 0.0157. The molecule has 8 heteroatoms. The van der Waals surface area contributed by atoms with Crippen molar-refractivity contribution < 1.29 is 13.2 Å². The smallest absolute Gasteiger partial charge is 0.243 e. The molecule has 1 aromatic heterocycles. The standard InChI is InChI=1S/C22H24N4O3S/c27-22(24-21-13-14-23-26(21)16-18-8-3-1-4-9-18)19-10-7-15-25(17-19)30(28,29)20-11-5-2-6-12-20/h1-6,8-9,11-14,19H,7,10,15-17H2,(H,24,27). The number of benzene rings is 2. The quantitative estimate of drug-likeness (QED) is 0.659. The topological polar surface area (TPSA) is 84.3 Å². The van der Waals surface area contributed by atoms with E-state index in [-0.39, 0.29) is 17.3 Å². The van der Waals surface area contributed by atoms with Gasteiger partial charge in [-0.25, -0.2) is 13.1 Å². The fraction of sp³-hybridized carbons (Fsp3) is 0.273. The molecule has 0 radical (unpaired) electrons. The van der Waals surface area contributed by atoms with Crippen LogP contribution in [-0.2, 0) is 21.4 Å². The Hall–Kier alpha value is -2.97. The molecule has 1 saturated heterocycles. The second kappa shape index (κ2) is 8.81. The van der Waals surface area contributed by atoms with Crippen molar-refractivity contribution in [2.75, 3.05) is 18.4 Å². The second-order valence-corrected chi connectivity index (χ2v) is 9.30. The molecule has 7 nitrogen and oxygen atoms in total. The number of carbonyl (C=O) groups is 1. The molecule has 1 amide bonds. The molecule has 4 rings (SSSR count). The Balaban J connectivity index is 1.44. The van der Waals surface area contributed by atoms with Crippen LogP contribution in [0.2, 0.25) is 0 Å². The Morgan fingerprint density at radius 1 is 1.03 bits per heavy atom. The van der Waals surface area contributed by atoms with Gasteiger partial charge in [0.25, 0.3) is 0 Å². The van der Waals surface area contributed by atoms with Crippen molar-refractivity contribution in [3.8, 4) is 0 Å². The molecule has 1 N–H and O–H groups in total. The minimum atomic E-state index is -3.60. The largest absolute Gasteiger partial charge is 0.311 e. The molecule has 1 aliphatic rings. The summed E-state index contributed by atoms with van der Waals surface area (Å²) in [6, 6.07) is 20.0. The van der Waals surface area contributed by atoms with Crippen molar-refractivity contribution in [2.45, 2.75) is 24.3 Å². The first-order chi connectivity index (χ1) is 14.5. The number of anilines is 1. The second-order valence-electron chi connectivity index (χ2n) is 7.36. The molecule has 1 aliphatic heterocycles. The summed E-state index contributed by atoms with van der Waals surface area (Å²) < 4.78 is 29.0. The summed E-state index contributed by atoms with van der Waals surface area (Å²) in [5.41, 5.74) is 1.08. The van der Waals surface area contributed by atoms with Crippen LogP contribution < -0.4 is 5.32 Å². The van der Waals surface area contributed by atoms with Gasteiger partial charge in [-0.3, -0.25) is 4.79 Å². The summed E-state index contributed by atoms with van der Waals surface area (Å²) in [7, 11) is -3.60. The van der Waals surface area contributed by atoms with E-state index in [9.17, 15) is 13.2 Å². The number of hydrogen-bond acceptors (Lipinski definition) is 4. The lowest BCUT2D eigenvalue weighted by molar-refractivity contribution is -0.120. The fourth-order valence-electron chi connectivity index (χ4n) is 3.67. The summed E-state index contributed by atoms with van der Waals surface area (Å²) in [6.07, 6.45) is 2.94. The Labute approximate surface area is 176 Å². The van der Waals surface area contributed by atoms with Gasteiger partial charge in [0, 0.05) is 19.2 Å². The van der Waals surface area contributed by atoms with E-state index < -0.39 is 15.9 Å². The molecule has 0 saturated carbocycles. The number of carbonyl (C=O) groups excluding carboxylic acids is 1. The number of amides is 1. The SMILES string of the molecule is O=C(Nc1ccnn1Cc1ccccc1)C1CCCN(S(=O)(=O)c2ccccc2)C1. The highest BCUT2D eigenvalue weighted by Gasteiger charge is 2.33. The van der Waals surface area contributed by atoms with E-state index in [2.05, 4.69) is 10.4 Å². The van der Waals surface area contributed by atoms with Gasteiger partial charge in [-0.15, -0.1) is 0 Å². The normalized spacial score (nSPS) is 17.5. The average Bonchev–Trinajstić information content (AvgIpc) is 3.21. The van der Waals surface area contributed by atoms with Gasteiger partial charge in [0.15, 0.2) is 0 Å². The van der Waals surface area contributed by atoms with E-state index in [1.54, 1.807) is 47.3 Å². The average molecular weight is 425 g/mol. The third-order valence-corrected chi connectivity index (χ3v) is 7.16. The minimum Gasteiger partial charge on any atom is -0.311 e. The Bertz CT molecular complexity index is 1100. The molecule has 2 aromatic carbocycles. The van der Waals surface area contributed by atoms with Gasteiger partial charge >= 0.3 is 0 Å². The number of nitrogens with zero attached hydrogens (tertiary/aromatic N) is 3. The maximum Gasteiger partial charge on any atom is 0.243 e. The first-order valence-electron chi connectivity index (χ1n) is 9.96. The summed E-state index contributed by atoms with van der Waals surface area (Å²) in [4.78, 5) is 13.2. The van der Waals surface area contributed by atoms with Crippen LogP contribution in [0.4, 0.5) is 5.82 Å². The van der Waals surface area contributed by atoms with Crippen LogP contribution in [-0.4, -0.2) is 41.5 Å². The van der Waals surface area contributed by atoms with Crippen molar-refractivity contribution in [2.24, 2.45) is 5.92 Å². The van der Waals surface area contributed by atoms with Gasteiger partial charge in [0.05, 0.1) is 23.6 Å². The molecule has 2 heterocycles. The lowest BCUT2D eigenvalue weighted by atomic mass is 9.99. The molecule has 30 heavy (non-hydrogen) atoms. The van der Waals surface area contributed by atoms with Gasteiger partial charge in [0.1, 0.15) is 5.82 Å². The fourth-order valence-corrected chi connectivity index (χ4v) is 5.21. The summed E-state index contributed by atoms with van der Waals surface area (Å²) >= 11 is 0. The molecular formula is C22H24N4O3S. The highest BCUT2D eigenvalue weighted by Crippen LogP contribution is 2.25. The molecule has 0 spiro atoms. The predicted octanol–water partition coefficient (Wildman–Crippen LogP) is 2.97. The molecule has 1 atom stereocenters. The van der Waals surface area contributed by atoms with Crippen molar-refractivity contribution >= 4 is 21.7 Å². The van der Waals surface area contributed by atoms with Crippen LogP contribution >= 0.6 is 0 Å². The van der Waals surface area contributed by atoms with Crippen molar-refractivity contribution in [1.29, 1.82) is 0 Å². The van der Waals surface area contributed by atoms with Gasteiger partial charge in [-0.1, -0.05) is 48.5 Å². The lowest BCUT2D eigenvalue weighted by Gasteiger charge is -2.31. The number of nitrogens with one attached hydrogen (secondary N) is 1. The number of sulfonamides is 1. The lowest BCUT2D eigenvalue weighted by Crippen LogP contribution is -2.43. The zero-order chi connectivity index (χ0) is 21.0. The van der Waals surface area contributed by atoms with Gasteiger partial charge < -0.3 is 5.32 Å². The van der Waals surface area contributed by atoms with Gasteiger partial charge in [-0.2, -0.15) is 9.40 Å². The maximum atomic E-state index is 12.9.